The van der Waals surface area contributed by atoms with Crippen molar-refractivity contribution in [3.63, 3.8) is 0 Å². The van der Waals surface area contributed by atoms with E-state index in [1.54, 1.807) is 30.3 Å². The van der Waals surface area contributed by atoms with E-state index in [-0.39, 0.29) is 5.75 Å². The molecule has 0 bridgehead atoms. The second-order valence-electron chi connectivity index (χ2n) is 5.09. The van der Waals surface area contributed by atoms with E-state index in [0.29, 0.717) is 18.7 Å². The molecule has 0 saturated carbocycles. The number of hydrogen-bond acceptors (Lipinski definition) is 3. The van der Waals surface area contributed by atoms with Gasteiger partial charge in [0.25, 0.3) is 0 Å². The minimum atomic E-state index is -0.681. The number of benzene rings is 2. The molecule has 2 amide bonds. The summed E-state index contributed by atoms with van der Waals surface area (Å²) in [4.78, 5) is 23.7. The van der Waals surface area contributed by atoms with E-state index in [1.165, 1.54) is 0 Å². The van der Waals surface area contributed by atoms with E-state index in [4.69, 9.17) is 0 Å². The third kappa shape index (κ3) is 5.24. The van der Waals surface area contributed by atoms with Gasteiger partial charge in [-0.2, -0.15) is 0 Å². The molecule has 0 saturated heterocycles. The number of carbonyl (C=O) groups is 2. The number of aromatic hydroxyl groups is 1. The molecule has 3 N–H and O–H groups in total. The summed E-state index contributed by atoms with van der Waals surface area (Å²) < 4.78 is 1.07. The number of halogens is 1. The van der Waals surface area contributed by atoms with Gasteiger partial charge in [-0.1, -0.05) is 12.1 Å². The van der Waals surface area contributed by atoms with Crippen molar-refractivity contribution in [2.24, 2.45) is 0 Å². The summed E-state index contributed by atoms with van der Waals surface area (Å²) in [5, 5.41) is 14.4. The molecule has 0 spiro atoms. The maximum absolute atomic E-state index is 11.9. The molecule has 0 atom stereocenters. The maximum atomic E-state index is 11.9. The Hall–Kier alpha value is -2.09. The largest absolute Gasteiger partial charge is 0.508 e. The second-order valence-corrected chi connectivity index (χ2v) is 6.33. The fourth-order valence-electron chi connectivity index (χ4n) is 2.01. The number of phenolic OH excluding ortho intramolecular Hbond substituents is 1. The van der Waals surface area contributed by atoms with Crippen molar-refractivity contribution in [1.29, 1.82) is 0 Å². The Morgan fingerprint density at radius 3 is 2.43 bits per heavy atom. The number of rotatable bonds is 4. The first-order valence-corrected chi connectivity index (χ1v) is 8.17. The molecule has 0 unspecified atom stereocenters. The number of nitrogens with one attached hydrogen (secondary N) is 2. The Morgan fingerprint density at radius 2 is 1.78 bits per heavy atom. The predicted molar refractivity (Wildman–Crippen MR) is 97.3 cm³/mol. The van der Waals surface area contributed by atoms with Crippen LogP contribution < -0.4 is 10.6 Å². The molecule has 0 aliphatic heterocycles. The first-order chi connectivity index (χ1) is 11.0. The molecular formula is C17H17IN2O3. The van der Waals surface area contributed by atoms with Crippen LogP contribution in [0.5, 0.6) is 5.75 Å². The number of aryl methyl sites for hydroxylation is 1. The van der Waals surface area contributed by atoms with Gasteiger partial charge in [-0.05, 0) is 77.4 Å². The summed E-state index contributed by atoms with van der Waals surface area (Å²) in [6.45, 7) is 2.23. The van der Waals surface area contributed by atoms with Crippen molar-refractivity contribution < 1.29 is 14.7 Å². The summed E-state index contributed by atoms with van der Waals surface area (Å²) >= 11 is 2.19. The average Bonchev–Trinajstić information content (AvgIpc) is 2.51. The van der Waals surface area contributed by atoms with Gasteiger partial charge in [0.05, 0.1) is 0 Å². The third-order valence-corrected chi connectivity index (χ3v) is 3.95. The van der Waals surface area contributed by atoms with E-state index in [0.717, 1.165) is 14.7 Å². The molecule has 5 nitrogen and oxygen atoms in total. The van der Waals surface area contributed by atoms with E-state index < -0.39 is 11.8 Å². The predicted octanol–water partition coefficient (Wildman–Crippen LogP) is 2.60. The Kier molecular flexibility index (Phi) is 5.97. The summed E-state index contributed by atoms with van der Waals surface area (Å²) in [5.74, 6) is -1.15. The highest BCUT2D eigenvalue weighted by molar-refractivity contribution is 14.1. The van der Waals surface area contributed by atoms with E-state index in [1.807, 2.05) is 19.1 Å². The fourth-order valence-corrected chi connectivity index (χ4v) is 2.66. The number of anilines is 1. The highest BCUT2D eigenvalue weighted by Gasteiger charge is 2.14. The molecule has 0 aliphatic carbocycles. The zero-order valence-electron chi connectivity index (χ0n) is 12.6. The molecule has 120 valence electrons. The van der Waals surface area contributed by atoms with Crippen molar-refractivity contribution in [2.45, 2.75) is 13.3 Å². The quantitative estimate of drug-likeness (QED) is 0.522. The highest BCUT2D eigenvalue weighted by atomic mass is 127. The maximum Gasteiger partial charge on any atom is 0.313 e. The van der Waals surface area contributed by atoms with Crippen LogP contribution in [0.25, 0.3) is 0 Å². The summed E-state index contributed by atoms with van der Waals surface area (Å²) in [6, 6.07) is 12.3. The van der Waals surface area contributed by atoms with E-state index in [9.17, 15) is 14.7 Å². The molecule has 0 radical (unpaired) electrons. The van der Waals surface area contributed by atoms with Crippen molar-refractivity contribution >= 4 is 40.1 Å². The van der Waals surface area contributed by atoms with Gasteiger partial charge in [0.1, 0.15) is 5.75 Å². The zero-order chi connectivity index (χ0) is 16.8. The lowest BCUT2D eigenvalue weighted by Crippen LogP contribution is -2.36. The molecule has 0 fully saturated rings. The van der Waals surface area contributed by atoms with Crippen LogP contribution in [-0.2, 0) is 16.0 Å². The number of phenols is 1. The van der Waals surface area contributed by atoms with E-state index >= 15 is 0 Å². The van der Waals surface area contributed by atoms with Crippen LogP contribution in [0.2, 0.25) is 0 Å². The van der Waals surface area contributed by atoms with Gasteiger partial charge in [0, 0.05) is 15.8 Å². The molecule has 2 aromatic carbocycles. The Labute approximate surface area is 148 Å². The molecule has 0 aromatic heterocycles. The zero-order valence-corrected chi connectivity index (χ0v) is 14.8. The summed E-state index contributed by atoms with van der Waals surface area (Å²) in [5.41, 5.74) is 2.50. The molecule has 0 aliphatic rings. The smallest absolute Gasteiger partial charge is 0.313 e. The van der Waals surface area contributed by atoms with Crippen LogP contribution in [0.15, 0.2) is 42.5 Å². The summed E-state index contributed by atoms with van der Waals surface area (Å²) in [7, 11) is 0. The Balaban J connectivity index is 1.83. The standard InChI is InChI=1S/C17H17IN2O3/c1-11-10-13(18)4-7-15(11)20-17(23)16(22)19-9-8-12-2-5-14(21)6-3-12/h2-7,10,21H,8-9H2,1H3,(H,19,22)(H,20,23). The number of hydrogen-bond donors (Lipinski definition) is 3. The van der Waals surface area contributed by atoms with Crippen LogP contribution in [0.3, 0.4) is 0 Å². The van der Waals surface area contributed by atoms with Crippen LogP contribution >= 0.6 is 22.6 Å². The average molecular weight is 424 g/mol. The van der Waals surface area contributed by atoms with Crippen LogP contribution in [-0.4, -0.2) is 23.5 Å². The monoisotopic (exact) mass is 424 g/mol. The van der Waals surface area contributed by atoms with E-state index in [2.05, 4.69) is 33.2 Å². The van der Waals surface area contributed by atoms with Gasteiger partial charge in [-0.25, -0.2) is 0 Å². The van der Waals surface area contributed by atoms with Gasteiger partial charge in [0.15, 0.2) is 0 Å². The molecule has 6 heteroatoms. The fraction of sp³-hybridized carbons (Fsp3) is 0.176. The molecule has 2 aromatic rings. The van der Waals surface area contributed by atoms with Crippen molar-refractivity contribution in [1.82, 2.24) is 5.32 Å². The minimum Gasteiger partial charge on any atom is -0.508 e. The molecule has 2 rings (SSSR count). The first-order valence-electron chi connectivity index (χ1n) is 7.09. The van der Waals surface area contributed by atoms with Crippen LogP contribution in [0.1, 0.15) is 11.1 Å². The normalized spacial score (nSPS) is 10.2. The number of carbonyl (C=O) groups excluding carboxylic acids is 2. The summed E-state index contributed by atoms with van der Waals surface area (Å²) in [6.07, 6.45) is 0.585. The van der Waals surface area contributed by atoms with Gasteiger partial charge >= 0.3 is 11.8 Å². The van der Waals surface area contributed by atoms with Gasteiger partial charge in [-0.15, -0.1) is 0 Å². The molecule has 23 heavy (non-hydrogen) atoms. The highest BCUT2D eigenvalue weighted by Crippen LogP contribution is 2.17. The van der Waals surface area contributed by atoms with Crippen molar-refractivity contribution in [3.8, 4) is 5.75 Å². The SMILES string of the molecule is Cc1cc(I)ccc1NC(=O)C(=O)NCCc1ccc(O)cc1. The topological polar surface area (TPSA) is 78.4 Å². The lowest BCUT2D eigenvalue weighted by Gasteiger charge is -2.09. The second kappa shape index (κ2) is 7.96. The number of amides is 2. The third-order valence-electron chi connectivity index (χ3n) is 3.28. The van der Waals surface area contributed by atoms with Gasteiger partial charge in [0.2, 0.25) is 0 Å². The van der Waals surface area contributed by atoms with Gasteiger partial charge < -0.3 is 15.7 Å². The van der Waals surface area contributed by atoms with Crippen molar-refractivity contribution in [2.75, 3.05) is 11.9 Å². The molecular weight excluding hydrogens is 407 g/mol. The molecule has 0 heterocycles. The lowest BCUT2D eigenvalue weighted by molar-refractivity contribution is -0.136. The van der Waals surface area contributed by atoms with Crippen LogP contribution in [0, 0.1) is 10.5 Å². The van der Waals surface area contributed by atoms with Crippen molar-refractivity contribution in [3.05, 3.63) is 57.2 Å². The van der Waals surface area contributed by atoms with Crippen LogP contribution in [0.4, 0.5) is 5.69 Å². The minimum absolute atomic E-state index is 0.199. The lowest BCUT2D eigenvalue weighted by atomic mass is 10.1. The Bertz CT molecular complexity index is 714. The van der Waals surface area contributed by atoms with Gasteiger partial charge in [-0.3, -0.25) is 9.59 Å². The Morgan fingerprint density at radius 1 is 1.09 bits per heavy atom. The first kappa shape index (κ1) is 17.3.